The van der Waals surface area contributed by atoms with Gasteiger partial charge >= 0.3 is 12.3 Å². The van der Waals surface area contributed by atoms with Gasteiger partial charge in [-0.25, -0.2) is 9.48 Å². The smallest absolute Gasteiger partial charge is 0.464 e. The van der Waals surface area contributed by atoms with Gasteiger partial charge < -0.3 is 14.3 Å². The first-order chi connectivity index (χ1) is 14.7. The average molecular weight is 435 g/mol. The van der Waals surface area contributed by atoms with E-state index in [0.29, 0.717) is 16.8 Å². The van der Waals surface area contributed by atoms with Gasteiger partial charge in [-0.05, 0) is 37.3 Å². The van der Waals surface area contributed by atoms with Gasteiger partial charge in [0.25, 0.3) is 0 Å². The number of oxime groups is 1. The van der Waals surface area contributed by atoms with E-state index in [0.717, 1.165) is 19.2 Å². The van der Waals surface area contributed by atoms with Gasteiger partial charge in [-0.3, -0.25) is 4.79 Å². The number of hydrogen-bond donors (Lipinski definition) is 0. The molecular formula is C20H16F3N3O5. The SMILES string of the molecule is CO/N=C(\C)c1cccc2c1c(=O)c(C(=O)OC)nn2-c1ccc(OC(F)(F)F)cc1. The Morgan fingerprint density at radius 1 is 1.10 bits per heavy atom. The Labute approximate surface area is 173 Å². The summed E-state index contributed by atoms with van der Waals surface area (Å²) in [5, 5.41) is 8.04. The zero-order valence-electron chi connectivity index (χ0n) is 16.6. The number of fused-ring (bicyclic) bond motifs is 1. The maximum atomic E-state index is 13.0. The average Bonchev–Trinajstić information content (AvgIpc) is 2.73. The maximum Gasteiger partial charge on any atom is 0.573 e. The summed E-state index contributed by atoms with van der Waals surface area (Å²) in [5.41, 5.74) is 0.156. The number of aromatic nitrogens is 2. The van der Waals surface area contributed by atoms with E-state index in [1.807, 2.05) is 0 Å². The fourth-order valence-corrected chi connectivity index (χ4v) is 2.98. The number of alkyl halides is 3. The van der Waals surface area contributed by atoms with Crippen LogP contribution in [0.2, 0.25) is 0 Å². The first kappa shape index (κ1) is 21.8. The molecule has 0 fully saturated rings. The molecule has 0 N–H and O–H groups in total. The molecule has 0 atom stereocenters. The number of methoxy groups -OCH3 is 1. The van der Waals surface area contributed by atoms with Crippen LogP contribution in [0, 0.1) is 0 Å². The van der Waals surface area contributed by atoms with E-state index < -0.39 is 29.2 Å². The number of rotatable bonds is 5. The van der Waals surface area contributed by atoms with E-state index in [1.54, 1.807) is 25.1 Å². The number of hydrogen-bond acceptors (Lipinski definition) is 7. The van der Waals surface area contributed by atoms with E-state index in [9.17, 15) is 22.8 Å². The molecule has 0 bridgehead atoms. The highest BCUT2D eigenvalue weighted by molar-refractivity contribution is 6.09. The van der Waals surface area contributed by atoms with Crippen molar-refractivity contribution in [3.05, 3.63) is 63.9 Å². The molecule has 3 rings (SSSR count). The van der Waals surface area contributed by atoms with Crippen LogP contribution in [-0.4, -0.2) is 42.0 Å². The van der Waals surface area contributed by atoms with Crippen LogP contribution >= 0.6 is 0 Å². The summed E-state index contributed by atoms with van der Waals surface area (Å²) in [5.74, 6) is -1.40. The van der Waals surface area contributed by atoms with Crippen molar-refractivity contribution in [1.29, 1.82) is 0 Å². The lowest BCUT2D eigenvalue weighted by Crippen LogP contribution is -2.25. The highest BCUT2D eigenvalue weighted by atomic mass is 19.4. The van der Waals surface area contributed by atoms with Crippen LogP contribution in [0.5, 0.6) is 5.75 Å². The number of ether oxygens (including phenoxy) is 2. The normalized spacial score (nSPS) is 12.0. The molecule has 0 amide bonds. The van der Waals surface area contributed by atoms with Gasteiger partial charge in [0.15, 0.2) is 0 Å². The molecule has 0 aliphatic heterocycles. The quantitative estimate of drug-likeness (QED) is 0.346. The third kappa shape index (κ3) is 4.49. The molecule has 0 unspecified atom stereocenters. The second kappa shape index (κ2) is 8.46. The summed E-state index contributed by atoms with van der Waals surface area (Å²) in [7, 11) is 2.45. The topological polar surface area (TPSA) is 92.0 Å². The van der Waals surface area contributed by atoms with Crippen LogP contribution in [0.15, 0.2) is 52.4 Å². The Hall–Kier alpha value is -3.89. The zero-order chi connectivity index (χ0) is 22.8. The summed E-state index contributed by atoms with van der Waals surface area (Å²) in [6.45, 7) is 1.61. The summed E-state index contributed by atoms with van der Waals surface area (Å²) in [4.78, 5) is 30.0. The maximum absolute atomic E-state index is 13.0. The fourth-order valence-electron chi connectivity index (χ4n) is 2.98. The zero-order valence-corrected chi connectivity index (χ0v) is 16.6. The molecule has 0 aliphatic rings. The molecule has 8 nitrogen and oxygen atoms in total. The molecule has 1 heterocycles. The van der Waals surface area contributed by atoms with Crippen LogP contribution in [0.3, 0.4) is 0 Å². The first-order valence-corrected chi connectivity index (χ1v) is 8.75. The molecule has 162 valence electrons. The summed E-state index contributed by atoms with van der Waals surface area (Å²) in [6.07, 6.45) is -4.84. The lowest BCUT2D eigenvalue weighted by molar-refractivity contribution is -0.274. The van der Waals surface area contributed by atoms with E-state index in [2.05, 4.69) is 19.7 Å². The van der Waals surface area contributed by atoms with Gasteiger partial charge in [0.1, 0.15) is 12.9 Å². The fraction of sp³-hybridized carbons (Fsp3) is 0.200. The lowest BCUT2D eigenvalue weighted by Gasteiger charge is -2.14. The van der Waals surface area contributed by atoms with Crippen molar-refractivity contribution in [2.24, 2.45) is 5.16 Å². The Balaban J connectivity index is 2.30. The van der Waals surface area contributed by atoms with Gasteiger partial charge in [0, 0.05) is 5.56 Å². The van der Waals surface area contributed by atoms with E-state index in [-0.39, 0.29) is 11.1 Å². The first-order valence-electron chi connectivity index (χ1n) is 8.75. The largest absolute Gasteiger partial charge is 0.573 e. The second-order valence-electron chi connectivity index (χ2n) is 6.18. The molecule has 3 aromatic rings. The van der Waals surface area contributed by atoms with Gasteiger partial charge in [-0.2, -0.15) is 5.10 Å². The predicted octanol–water partition coefficient (Wildman–Crippen LogP) is 3.44. The van der Waals surface area contributed by atoms with Gasteiger partial charge in [0.2, 0.25) is 11.1 Å². The van der Waals surface area contributed by atoms with Crippen LogP contribution < -0.4 is 10.2 Å². The van der Waals surface area contributed by atoms with Crippen molar-refractivity contribution in [1.82, 2.24) is 9.78 Å². The number of carbonyl (C=O) groups excluding carboxylic acids is 1. The van der Waals surface area contributed by atoms with E-state index in [4.69, 9.17) is 4.84 Å². The van der Waals surface area contributed by atoms with Gasteiger partial charge in [0.05, 0.1) is 29.4 Å². The van der Waals surface area contributed by atoms with Crippen LogP contribution in [0.25, 0.3) is 16.6 Å². The third-order valence-corrected chi connectivity index (χ3v) is 4.22. The minimum atomic E-state index is -4.84. The van der Waals surface area contributed by atoms with Gasteiger partial charge in [-0.1, -0.05) is 17.3 Å². The second-order valence-corrected chi connectivity index (χ2v) is 6.18. The number of esters is 1. The van der Waals surface area contributed by atoms with Crippen LogP contribution in [0.4, 0.5) is 13.2 Å². The molecule has 0 saturated heterocycles. The van der Waals surface area contributed by atoms with E-state index >= 15 is 0 Å². The Morgan fingerprint density at radius 3 is 2.35 bits per heavy atom. The van der Waals surface area contributed by atoms with Crippen molar-refractivity contribution >= 4 is 22.6 Å². The van der Waals surface area contributed by atoms with Crippen LogP contribution in [0.1, 0.15) is 23.0 Å². The standard InChI is InChI=1S/C20H16F3N3O5/c1-11(25-30-3)14-5-4-6-15-16(14)18(27)17(19(28)29-2)24-26(15)12-7-9-13(10-8-12)31-20(21,22)23/h4-10H,1-3H3/b25-11+. The van der Waals surface area contributed by atoms with Crippen molar-refractivity contribution in [3.63, 3.8) is 0 Å². The highest BCUT2D eigenvalue weighted by Crippen LogP contribution is 2.25. The molecule has 11 heteroatoms. The minimum Gasteiger partial charge on any atom is -0.464 e. The molecule has 0 aliphatic carbocycles. The molecule has 0 radical (unpaired) electrons. The van der Waals surface area contributed by atoms with Gasteiger partial charge in [-0.15, -0.1) is 13.2 Å². The molecule has 31 heavy (non-hydrogen) atoms. The molecular weight excluding hydrogens is 419 g/mol. The van der Waals surface area contributed by atoms with Crippen molar-refractivity contribution in [2.45, 2.75) is 13.3 Å². The lowest BCUT2D eigenvalue weighted by atomic mass is 10.0. The minimum absolute atomic E-state index is 0.117. The monoisotopic (exact) mass is 435 g/mol. The van der Waals surface area contributed by atoms with Crippen molar-refractivity contribution < 1.29 is 32.3 Å². The number of benzene rings is 2. The third-order valence-electron chi connectivity index (χ3n) is 4.22. The molecule has 2 aromatic carbocycles. The number of halogens is 3. The molecule has 0 saturated carbocycles. The Morgan fingerprint density at radius 2 is 1.77 bits per heavy atom. The Kier molecular flexibility index (Phi) is 5.95. The van der Waals surface area contributed by atoms with Crippen LogP contribution in [-0.2, 0) is 9.57 Å². The number of nitrogens with zero attached hydrogens (tertiary/aromatic N) is 3. The highest BCUT2D eigenvalue weighted by Gasteiger charge is 2.31. The predicted molar refractivity (Wildman–Crippen MR) is 105 cm³/mol. The summed E-state index contributed by atoms with van der Waals surface area (Å²) >= 11 is 0. The number of carbonyl (C=O) groups is 1. The Bertz CT molecular complexity index is 1220. The molecule has 0 spiro atoms. The van der Waals surface area contributed by atoms with Crippen molar-refractivity contribution in [3.8, 4) is 11.4 Å². The van der Waals surface area contributed by atoms with Crippen molar-refractivity contribution in [2.75, 3.05) is 14.2 Å². The molecule has 1 aromatic heterocycles. The summed E-state index contributed by atoms with van der Waals surface area (Å²) < 4.78 is 47.1. The summed E-state index contributed by atoms with van der Waals surface area (Å²) in [6, 6.07) is 9.63. The van der Waals surface area contributed by atoms with E-state index in [1.165, 1.54) is 23.9 Å².